The smallest absolute Gasteiger partial charge is 0.326 e. The van der Waals surface area contributed by atoms with Crippen molar-refractivity contribution in [3.8, 4) is 0 Å². The lowest BCUT2D eigenvalue weighted by Gasteiger charge is -2.14. The van der Waals surface area contributed by atoms with Crippen LogP contribution in [0.1, 0.15) is 6.42 Å². The number of hydrogen-bond donors (Lipinski definition) is 4. The molecular formula is C11H10Cl2N2O5. The van der Waals surface area contributed by atoms with Crippen molar-refractivity contribution in [3.05, 3.63) is 28.2 Å². The van der Waals surface area contributed by atoms with Gasteiger partial charge in [0.05, 0.1) is 22.2 Å². The van der Waals surface area contributed by atoms with Gasteiger partial charge in [0.1, 0.15) is 6.04 Å². The van der Waals surface area contributed by atoms with E-state index in [0.717, 1.165) is 0 Å². The monoisotopic (exact) mass is 320 g/mol. The normalized spacial score (nSPS) is 11.5. The lowest BCUT2D eigenvalue weighted by Crippen LogP contribution is -2.44. The molecule has 0 heterocycles. The van der Waals surface area contributed by atoms with Crippen molar-refractivity contribution >= 4 is 46.9 Å². The number of carboxylic acid groups (broad SMARTS) is 2. The van der Waals surface area contributed by atoms with Crippen LogP contribution in [0.2, 0.25) is 10.0 Å². The van der Waals surface area contributed by atoms with Gasteiger partial charge in [-0.2, -0.15) is 0 Å². The summed E-state index contributed by atoms with van der Waals surface area (Å²) in [5.41, 5.74) is 0.104. The van der Waals surface area contributed by atoms with Gasteiger partial charge in [-0.25, -0.2) is 9.59 Å². The number of hydrogen-bond acceptors (Lipinski definition) is 3. The second-order valence-corrected chi connectivity index (χ2v) is 4.50. The second-order valence-electron chi connectivity index (χ2n) is 3.68. The first-order chi connectivity index (χ1) is 9.31. The number of benzene rings is 1. The van der Waals surface area contributed by atoms with E-state index in [-0.39, 0.29) is 15.7 Å². The van der Waals surface area contributed by atoms with Crippen LogP contribution >= 0.6 is 23.2 Å². The molecule has 9 heteroatoms. The summed E-state index contributed by atoms with van der Waals surface area (Å²) in [6.45, 7) is 0. The summed E-state index contributed by atoms with van der Waals surface area (Å²) in [5.74, 6) is -2.82. The third-order valence-corrected chi connectivity index (χ3v) is 2.81. The third-order valence-electron chi connectivity index (χ3n) is 2.18. The molecule has 0 saturated carbocycles. The topological polar surface area (TPSA) is 116 Å². The second kappa shape index (κ2) is 6.97. The zero-order valence-corrected chi connectivity index (χ0v) is 11.4. The standard InChI is InChI=1S/C11H10Cl2N2O5/c12-5-2-1-3-6(13)9(5)15-11(20)14-7(10(18)19)4-8(16)17/h1-3,7H,4H2,(H,16,17)(H,18,19)(H2,14,15,20). The fourth-order valence-electron chi connectivity index (χ4n) is 1.30. The highest BCUT2D eigenvalue weighted by Crippen LogP contribution is 2.29. The number of nitrogens with one attached hydrogen (secondary N) is 2. The zero-order valence-electron chi connectivity index (χ0n) is 9.89. The number of carbonyl (C=O) groups is 3. The zero-order chi connectivity index (χ0) is 15.3. The molecule has 0 saturated heterocycles. The summed E-state index contributed by atoms with van der Waals surface area (Å²) >= 11 is 11.6. The maximum Gasteiger partial charge on any atom is 0.326 e. The molecule has 108 valence electrons. The van der Waals surface area contributed by atoms with Gasteiger partial charge >= 0.3 is 18.0 Å². The summed E-state index contributed by atoms with van der Waals surface area (Å²) in [6, 6.07) is 2.05. The first-order valence-corrected chi connectivity index (χ1v) is 6.03. The lowest BCUT2D eigenvalue weighted by molar-refractivity contribution is -0.145. The predicted octanol–water partition coefficient (Wildman–Crippen LogP) is 2.04. The molecule has 2 amide bonds. The van der Waals surface area contributed by atoms with E-state index in [4.69, 9.17) is 33.4 Å². The molecule has 1 rings (SSSR count). The van der Waals surface area contributed by atoms with Crippen LogP contribution in [-0.2, 0) is 9.59 Å². The van der Waals surface area contributed by atoms with E-state index in [1.165, 1.54) is 12.1 Å². The van der Waals surface area contributed by atoms with Gasteiger partial charge in [-0.3, -0.25) is 4.79 Å². The van der Waals surface area contributed by atoms with Gasteiger partial charge in [-0.15, -0.1) is 0 Å². The Morgan fingerprint density at radius 2 is 1.70 bits per heavy atom. The molecule has 0 radical (unpaired) electrons. The van der Waals surface area contributed by atoms with Gasteiger partial charge in [0, 0.05) is 0 Å². The molecule has 4 N–H and O–H groups in total. The Balaban J connectivity index is 2.76. The summed E-state index contributed by atoms with van der Waals surface area (Å²) in [4.78, 5) is 32.9. The Bertz CT molecular complexity index is 529. The Labute approximate surface area is 123 Å². The van der Waals surface area contributed by atoms with E-state index in [9.17, 15) is 14.4 Å². The highest BCUT2D eigenvalue weighted by molar-refractivity contribution is 6.39. The minimum absolute atomic E-state index is 0.104. The van der Waals surface area contributed by atoms with Crippen molar-refractivity contribution in [2.75, 3.05) is 5.32 Å². The molecule has 0 aliphatic rings. The molecule has 1 unspecified atom stereocenters. The summed E-state index contributed by atoms with van der Waals surface area (Å²) in [6.07, 6.45) is -0.751. The van der Waals surface area contributed by atoms with E-state index in [0.29, 0.717) is 0 Å². The molecule has 0 aliphatic carbocycles. The van der Waals surface area contributed by atoms with Crippen LogP contribution in [0.3, 0.4) is 0 Å². The largest absolute Gasteiger partial charge is 0.481 e. The molecule has 1 aromatic carbocycles. The van der Waals surface area contributed by atoms with Crippen LogP contribution in [-0.4, -0.2) is 34.2 Å². The van der Waals surface area contributed by atoms with Crippen molar-refractivity contribution in [1.82, 2.24) is 5.32 Å². The Hall–Kier alpha value is -1.99. The number of para-hydroxylation sites is 1. The number of halogens is 2. The first-order valence-electron chi connectivity index (χ1n) is 5.27. The molecule has 0 aliphatic heterocycles. The van der Waals surface area contributed by atoms with Crippen molar-refractivity contribution in [2.24, 2.45) is 0 Å². The lowest BCUT2D eigenvalue weighted by atomic mass is 10.2. The molecule has 0 spiro atoms. The van der Waals surface area contributed by atoms with Crippen LogP contribution in [0, 0.1) is 0 Å². The fraction of sp³-hybridized carbons (Fsp3) is 0.182. The molecular weight excluding hydrogens is 311 g/mol. The van der Waals surface area contributed by atoms with Crippen molar-refractivity contribution in [2.45, 2.75) is 12.5 Å². The molecule has 1 aromatic rings. The van der Waals surface area contributed by atoms with Crippen LogP contribution in [0.15, 0.2) is 18.2 Å². The molecule has 1 atom stereocenters. The highest BCUT2D eigenvalue weighted by atomic mass is 35.5. The van der Waals surface area contributed by atoms with Crippen LogP contribution in [0.4, 0.5) is 10.5 Å². The fourth-order valence-corrected chi connectivity index (χ4v) is 1.79. The van der Waals surface area contributed by atoms with Crippen LogP contribution in [0.5, 0.6) is 0 Å². The van der Waals surface area contributed by atoms with E-state index in [2.05, 4.69) is 5.32 Å². The van der Waals surface area contributed by atoms with Gasteiger partial charge < -0.3 is 20.8 Å². The maximum absolute atomic E-state index is 11.6. The Kier molecular flexibility index (Phi) is 5.60. The van der Waals surface area contributed by atoms with Crippen LogP contribution < -0.4 is 10.6 Å². The van der Waals surface area contributed by atoms with Gasteiger partial charge in [-0.1, -0.05) is 29.3 Å². The van der Waals surface area contributed by atoms with Gasteiger partial charge in [0.15, 0.2) is 0 Å². The minimum Gasteiger partial charge on any atom is -0.481 e. The molecule has 0 bridgehead atoms. The number of anilines is 1. The summed E-state index contributed by atoms with van der Waals surface area (Å²) < 4.78 is 0. The van der Waals surface area contributed by atoms with E-state index < -0.39 is 30.4 Å². The Morgan fingerprint density at radius 3 is 2.15 bits per heavy atom. The van der Waals surface area contributed by atoms with Crippen LogP contribution in [0.25, 0.3) is 0 Å². The number of carbonyl (C=O) groups excluding carboxylic acids is 1. The molecule has 7 nitrogen and oxygen atoms in total. The average molecular weight is 321 g/mol. The SMILES string of the molecule is O=C(O)CC(NC(=O)Nc1c(Cl)cccc1Cl)C(=O)O. The number of rotatable bonds is 5. The van der Waals surface area contributed by atoms with E-state index in [1.807, 2.05) is 5.32 Å². The average Bonchev–Trinajstić information content (AvgIpc) is 2.32. The van der Waals surface area contributed by atoms with Crippen molar-refractivity contribution in [3.63, 3.8) is 0 Å². The van der Waals surface area contributed by atoms with Crippen molar-refractivity contribution in [1.29, 1.82) is 0 Å². The summed E-state index contributed by atoms with van der Waals surface area (Å²) in [7, 11) is 0. The van der Waals surface area contributed by atoms with E-state index >= 15 is 0 Å². The maximum atomic E-state index is 11.6. The highest BCUT2D eigenvalue weighted by Gasteiger charge is 2.23. The molecule has 0 aromatic heterocycles. The number of aliphatic carboxylic acids is 2. The number of carboxylic acids is 2. The quantitative estimate of drug-likeness (QED) is 0.662. The molecule has 20 heavy (non-hydrogen) atoms. The van der Waals surface area contributed by atoms with Gasteiger partial charge in [0.25, 0.3) is 0 Å². The van der Waals surface area contributed by atoms with Gasteiger partial charge in [0.2, 0.25) is 0 Å². The van der Waals surface area contributed by atoms with Gasteiger partial charge in [-0.05, 0) is 12.1 Å². The third kappa shape index (κ3) is 4.60. The van der Waals surface area contributed by atoms with Crippen molar-refractivity contribution < 1.29 is 24.6 Å². The minimum atomic E-state index is -1.56. The Morgan fingerprint density at radius 1 is 1.15 bits per heavy atom. The number of amides is 2. The first kappa shape index (κ1) is 16.1. The van der Waals surface area contributed by atoms with E-state index in [1.54, 1.807) is 6.07 Å². The number of urea groups is 1. The predicted molar refractivity (Wildman–Crippen MR) is 72.3 cm³/mol. The summed E-state index contributed by atoms with van der Waals surface area (Å²) in [5, 5.41) is 21.9. The molecule has 0 fully saturated rings.